The van der Waals surface area contributed by atoms with Crippen molar-refractivity contribution in [2.45, 2.75) is 45.3 Å². The van der Waals surface area contributed by atoms with Gasteiger partial charge in [0.05, 0.1) is 5.56 Å². The highest BCUT2D eigenvalue weighted by molar-refractivity contribution is 14.1. The summed E-state index contributed by atoms with van der Waals surface area (Å²) in [5.41, 5.74) is 5.50. The standard InChI is InChI=1S/C17H21IN2O4/c1-17(2,3)24-16(23)13-5-4-8-20(13)15(22)10-6-7-11(14(19)21)12(18)9-10/h6-7,9,13H,4-5,8H2,1-3H3,(H2,19,21)/t13-/m0/s1. The van der Waals surface area contributed by atoms with Gasteiger partial charge in [0.15, 0.2) is 0 Å². The lowest BCUT2D eigenvalue weighted by atomic mass is 10.1. The van der Waals surface area contributed by atoms with Crippen LogP contribution in [0.25, 0.3) is 0 Å². The van der Waals surface area contributed by atoms with Crippen LogP contribution in [0.1, 0.15) is 54.3 Å². The lowest BCUT2D eigenvalue weighted by Gasteiger charge is -2.27. The minimum Gasteiger partial charge on any atom is -0.458 e. The molecule has 1 heterocycles. The number of rotatable bonds is 3. The van der Waals surface area contributed by atoms with Crippen molar-refractivity contribution in [2.24, 2.45) is 5.73 Å². The van der Waals surface area contributed by atoms with E-state index in [-0.39, 0.29) is 11.9 Å². The van der Waals surface area contributed by atoms with Gasteiger partial charge in [-0.25, -0.2) is 4.79 Å². The highest BCUT2D eigenvalue weighted by Crippen LogP contribution is 2.24. The van der Waals surface area contributed by atoms with Crippen molar-refractivity contribution >= 4 is 40.4 Å². The molecule has 1 aliphatic rings. The third-order valence-corrected chi connectivity index (χ3v) is 4.57. The lowest BCUT2D eigenvalue weighted by Crippen LogP contribution is -2.43. The van der Waals surface area contributed by atoms with Crippen LogP contribution in [-0.4, -0.2) is 40.9 Å². The highest BCUT2D eigenvalue weighted by Gasteiger charge is 2.37. The first kappa shape index (κ1) is 18.7. The van der Waals surface area contributed by atoms with Crippen molar-refractivity contribution in [3.63, 3.8) is 0 Å². The summed E-state index contributed by atoms with van der Waals surface area (Å²) >= 11 is 1.97. The molecule has 0 radical (unpaired) electrons. The first-order chi connectivity index (χ1) is 11.1. The summed E-state index contributed by atoms with van der Waals surface area (Å²) in [5.74, 6) is -1.15. The molecule has 1 saturated heterocycles. The number of carbonyl (C=O) groups excluding carboxylic acids is 3. The predicted molar refractivity (Wildman–Crippen MR) is 97.6 cm³/mol. The molecule has 0 saturated carbocycles. The first-order valence-electron chi connectivity index (χ1n) is 7.73. The van der Waals surface area contributed by atoms with Gasteiger partial charge in [-0.3, -0.25) is 9.59 Å². The predicted octanol–water partition coefficient (Wildman–Crippen LogP) is 2.34. The van der Waals surface area contributed by atoms with E-state index in [0.717, 1.165) is 6.42 Å². The van der Waals surface area contributed by atoms with E-state index >= 15 is 0 Å². The van der Waals surface area contributed by atoms with Gasteiger partial charge in [-0.05, 0) is 74.4 Å². The molecule has 0 spiro atoms. The topological polar surface area (TPSA) is 89.7 Å². The average Bonchev–Trinajstić information content (AvgIpc) is 2.93. The Morgan fingerprint density at radius 3 is 2.50 bits per heavy atom. The maximum atomic E-state index is 12.8. The summed E-state index contributed by atoms with van der Waals surface area (Å²) in [7, 11) is 0. The summed E-state index contributed by atoms with van der Waals surface area (Å²) in [5, 5.41) is 0. The van der Waals surface area contributed by atoms with E-state index < -0.39 is 17.6 Å². The van der Waals surface area contributed by atoms with E-state index in [4.69, 9.17) is 10.5 Å². The molecule has 2 rings (SSSR count). The number of benzene rings is 1. The van der Waals surface area contributed by atoms with Gasteiger partial charge in [0.25, 0.3) is 5.91 Å². The second-order valence-electron chi connectivity index (χ2n) is 6.75. The van der Waals surface area contributed by atoms with Crippen LogP contribution in [0.4, 0.5) is 0 Å². The molecule has 2 amide bonds. The van der Waals surface area contributed by atoms with Crippen LogP contribution < -0.4 is 5.73 Å². The number of nitrogens with two attached hydrogens (primary N) is 1. The van der Waals surface area contributed by atoms with Crippen LogP contribution in [0.5, 0.6) is 0 Å². The largest absolute Gasteiger partial charge is 0.458 e. The molecule has 6 nitrogen and oxygen atoms in total. The number of nitrogens with zero attached hydrogens (tertiary/aromatic N) is 1. The van der Waals surface area contributed by atoms with Gasteiger partial charge in [-0.2, -0.15) is 0 Å². The summed E-state index contributed by atoms with van der Waals surface area (Å²) in [4.78, 5) is 37.9. The smallest absolute Gasteiger partial charge is 0.329 e. The Bertz CT molecular complexity index is 682. The summed E-state index contributed by atoms with van der Waals surface area (Å²) in [6.07, 6.45) is 1.35. The lowest BCUT2D eigenvalue weighted by molar-refractivity contribution is -0.159. The molecule has 0 aliphatic carbocycles. The Hall–Kier alpha value is -1.64. The van der Waals surface area contributed by atoms with E-state index in [1.807, 2.05) is 22.6 Å². The van der Waals surface area contributed by atoms with Gasteiger partial charge in [0.2, 0.25) is 5.91 Å². The average molecular weight is 444 g/mol. The second-order valence-corrected chi connectivity index (χ2v) is 7.91. The second kappa shape index (κ2) is 7.08. The number of esters is 1. The van der Waals surface area contributed by atoms with Crippen LogP contribution in [0.2, 0.25) is 0 Å². The zero-order chi connectivity index (χ0) is 18.1. The normalized spacial score (nSPS) is 17.7. The fraction of sp³-hybridized carbons (Fsp3) is 0.471. The molecule has 130 valence electrons. The molecular formula is C17H21IN2O4. The monoisotopic (exact) mass is 444 g/mol. The number of ether oxygens (including phenoxy) is 1. The molecule has 0 aromatic heterocycles. The Kier molecular flexibility index (Phi) is 5.52. The molecule has 1 aliphatic heterocycles. The minimum atomic E-state index is -0.590. The summed E-state index contributed by atoms with van der Waals surface area (Å²) in [6.45, 7) is 5.92. The molecule has 0 bridgehead atoms. The number of primary amides is 1. The number of hydrogen-bond donors (Lipinski definition) is 1. The Morgan fingerprint density at radius 1 is 1.29 bits per heavy atom. The van der Waals surface area contributed by atoms with E-state index in [2.05, 4.69) is 0 Å². The zero-order valence-electron chi connectivity index (χ0n) is 14.0. The van der Waals surface area contributed by atoms with Crippen LogP contribution in [-0.2, 0) is 9.53 Å². The van der Waals surface area contributed by atoms with E-state index in [0.29, 0.717) is 27.7 Å². The van der Waals surface area contributed by atoms with Gasteiger partial charge in [0.1, 0.15) is 11.6 Å². The molecule has 1 fully saturated rings. The highest BCUT2D eigenvalue weighted by atomic mass is 127. The van der Waals surface area contributed by atoms with E-state index in [1.165, 1.54) is 6.07 Å². The Labute approximate surface area is 154 Å². The first-order valence-corrected chi connectivity index (χ1v) is 8.81. The van der Waals surface area contributed by atoms with Gasteiger partial charge in [0, 0.05) is 15.7 Å². The van der Waals surface area contributed by atoms with Crippen molar-refractivity contribution in [2.75, 3.05) is 6.54 Å². The third kappa shape index (κ3) is 4.25. The number of likely N-dealkylation sites (tertiary alicyclic amines) is 1. The Morgan fingerprint density at radius 2 is 1.96 bits per heavy atom. The molecule has 1 aromatic rings. The van der Waals surface area contributed by atoms with Crippen LogP contribution >= 0.6 is 22.6 Å². The maximum absolute atomic E-state index is 12.8. The minimum absolute atomic E-state index is 0.239. The summed E-state index contributed by atoms with van der Waals surface area (Å²) in [6, 6.07) is 4.16. The van der Waals surface area contributed by atoms with Gasteiger partial charge >= 0.3 is 5.97 Å². The molecule has 1 aromatic carbocycles. The summed E-state index contributed by atoms with van der Waals surface area (Å²) < 4.78 is 6.03. The fourth-order valence-electron chi connectivity index (χ4n) is 2.64. The van der Waals surface area contributed by atoms with Crippen molar-refractivity contribution in [1.29, 1.82) is 0 Å². The van der Waals surface area contributed by atoms with Gasteiger partial charge < -0.3 is 15.4 Å². The van der Waals surface area contributed by atoms with E-state index in [1.54, 1.807) is 37.8 Å². The molecule has 7 heteroatoms. The molecule has 0 unspecified atom stereocenters. The number of halogens is 1. The van der Waals surface area contributed by atoms with E-state index in [9.17, 15) is 14.4 Å². The van der Waals surface area contributed by atoms with Gasteiger partial charge in [-0.1, -0.05) is 0 Å². The molecule has 2 N–H and O–H groups in total. The third-order valence-electron chi connectivity index (χ3n) is 3.67. The fourth-order valence-corrected chi connectivity index (χ4v) is 3.42. The molecular weight excluding hydrogens is 423 g/mol. The van der Waals surface area contributed by atoms with Crippen LogP contribution in [0.15, 0.2) is 18.2 Å². The zero-order valence-corrected chi connectivity index (χ0v) is 16.1. The van der Waals surface area contributed by atoms with Crippen molar-refractivity contribution in [3.8, 4) is 0 Å². The SMILES string of the molecule is CC(C)(C)OC(=O)[C@@H]1CCCN1C(=O)c1ccc(C(N)=O)c(I)c1. The van der Waals surface area contributed by atoms with Crippen LogP contribution in [0.3, 0.4) is 0 Å². The van der Waals surface area contributed by atoms with Crippen molar-refractivity contribution in [3.05, 3.63) is 32.9 Å². The maximum Gasteiger partial charge on any atom is 0.329 e. The quantitative estimate of drug-likeness (QED) is 0.573. The molecule has 24 heavy (non-hydrogen) atoms. The number of hydrogen-bond acceptors (Lipinski definition) is 4. The van der Waals surface area contributed by atoms with Crippen LogP contribution in [0, 0.1) is 3.57 Å². The van der Waals surface area contributed by atoms with Gasteiger partial charge in [-0.15, -0.1) is 0 Å². The van der Waals surface area contributed by atoms with Crippen molar-refractivity contribution in [1.82, 2.24) is 4.90 Å². The Balaban J connectivity index is 2.20. The molecule has 1 atom stereocenters. The number of amides is 2. The number of carbonyl (C=O) groups is 3. The van der Waals surface area contributed by atoms with Crippen molar-refractivity contribution < 1.29 is 19.1 Å².